The Morgan fingerprint density at radius 1 is 0.977 bits per heavy atom. The largest absolute Gasteiger partial charge is 0.508 e. The molecule has 3 aromatic rings. The average Bonchev–Trinajstić information content (AvgIpc) is 2.96. The monoisotopic (exact) mass is 611 g/mol. The zero-order valence-electron chi connectivity index (χ0n) is 25.5. The molecule has 7 nitrogen and oxygen atoms in total. The van der Waals surface area contributed by atoms with Crippen molar-refractivity contribution >= 4 is 45.4 Å². The molecule has 0 atom stereocenters. The van der Waals surface area contributed by atoms with Crippen molar-refractivity contribution < 1.29 is 19.8 Å². The molecule has 44 heavy (non-hydrogen) atoms. The van der Waals surface area contributed by atoms with Crippen molar-refractivity contribution in [1.82, 2.24) is 0 Å². The van der Waals surface area contributed by atoms with Gasteiger partial charge in [-0.05, 0) is 70.9 Å². The van der Waals surface area contributed by atoms with Gasteiger partial charge in [0.25, 0.3) is 5.91 Å². The Hall–Kier alpha value is -4.49. The van der Waals surface area contributed by atoms with Crippen LogP contribution in [0.5, 0.6) is 11.5 Å². The minimum Gasteiger partial charge on any atom is -0.508 e. The van der Waals surface area contributed by atoms with Gasteiger partial charge in [0.1, 0.15) is 16.7 Å². The van der Waals surface area contributed by atoms with Crippen molar-refractivity contribution in [2.45, 2.75) is 59.9 Å². The summed E-state index contributed by atoms with van der Waals surface area (Å²) in [4.78, 5) is 32.1. The number of aromatic hydroxyl groups is 2. The average molecular weight is 612 g/mol. The predicted molar refractivity (Wildman–Crippen MR) is 178 cm³/mol. The van der Waals surface area contributed by atoms with Crippen LogP contribution in [0.2, 0.25) is 0 Å². The van der Waals surface area contributed by atoms with E-state index in [1.807, 2.05) is 76.2 Å². The summed E-state index contributed by atoms with van der Waals surface area (Å²) < 4.78 is 0. The van der Waals surface area contributed by atoms with E-state index in [1.165, 1.54) is 12.1 Å². The number of hydrogen-bond acceptors (Lipinski definition) is 6. The molecule has 0 saturated carbocycles. The molecule has 1 amide bonds. The first-order valence-corrected chi connectivity index (χ1v) is 14.9. The number of benzene rings is 3. The molecule has 0 unspecified atom stereocenters. The number of phenols is 2. The summed E-state index contributed by atoms with van der Waals surface area (Å²) in [5.41, 5.74) is 5.23. The minimum absolute atomic E-state index is 0.0607. The molecule has 1 aliphatic heterocycles. The van der Waals surface area contributed by atoms with Crippen LogP contribution in [0, 0.1) is 10.8 Å². The molecule has 228 valence electrons. The maximum atomic E-state index is 13.8. The first kappa shape index (κ1) is 32.4. The number of phenolic OH excluding ortho intramolecular Hbond substituents is 2. The van der Waals surface area contributed by atoms with Crippen molar-refractivity contribution in [2.24, 2.45) is 10.4 Å². The Labute approximate surface area is 263 Å². The van der Waals surface area contributed by atoms with Gasteiger partial charge in [-0.2, -0.15) is 0 Å². The number of aliphatic imine (C=N–C) groups is 1. The fourth-order valence-electron chi connectivity index (χ4n) is 4.93. The molecule has 0 aliphatic carbocycles. The van der Waals surface area contributed by atoms with E-state index in [0.717, 1.165) is 40.3 Å². The zero-order valence-corrected chi connectivity index (χ0v) is 26.3. The topological polar surface area (TPSA) is 114 Å². The highest BCUT2D eigenvalue weighted by Crippen LogP contribution is 2.31. The van der Waals surface area contributed by atoms with Crippen LogP contribution in [0.4, 0.5) is 5.69 Å². The van der Waals surface area contributed by atoms with Crippen LogP contribution in [0.1, 0.15) is 74.0 Å². The highest BCUT2D eigenvalue weighted by Gasteiger charge is 2.23. The summed E-state index contributed by atoms with van der Waals surface area (Å²) in [5.74, 6) is -1.05. The van der Waals surface area contributed by atoms with E-state index >= 15 is 0 Å². The van der Waals surface area contributed by atoms with E-state index in [2.05, 4.69) is 11.1 Å². The lowest BCUT2D eigenvalue weighted by Crippen LogP contribution is -2.30. The van der Waals surface area contributed by atoms with Crippen molar-refractivity contribution in [3.63, 3.8) is 0 Å². The summed E-state index contributed by atoms with van der Waals surface area (Å²) in [6.07, 6.45) is 5.87. The van der Waals surface area contributed by atoms with Gasteiger partial charge in [-0.15, -0.1) is 0 Å². The third-order valence-corrected chi connectivity index (χ3v) is 7.53. The highest BCUT2D eigenvalue weighted by atomic mass is 35.5. The number of amides is 1. The SMILES string of the molecule is CC1=CN=C(Cl)CCC=C1c1ccc(N(Cc2ccc(CC(=N)C(=O)CC(C)(C)C)cc2)C(=O)c2ccc(O)cc2O)cc1. The molecular weight excluding hydrogens is 574 g/mol. The standard InChI is InChI=1S/C36H38ClN3O4/c1-23-21-39-34(37)7-5-6-29(23)26-12-14-27(15-13-26)40(35(44)30-17-16-28(41)19-32(30)42)22-25-10-8-24(9-11-25)18-31(38)33(43)20-36(2,3)4/h6,8-17,19,21,38,41-42H,5,7,18,20,22H2,1-4H3. The van der Waals surface area contributed by atoms with Crippen LogP contribution in [0.15, 0.2) is 89.6 Å². The van der Waals surface area contributed by atoms with E-state index in [-0.39, 0.29) is 46.9 Å². The van der Waals surface area contributed by atoms with Crippen LogP contribution >= 0.6 is 11.6 Å². The summed E-state index contributed by atoms with van der Waals surface area (Å²) in [6, 6.07) is 19.0. The van der Waals surface area contributed by atoms with Gasteiger partial charge in [0, 0.05) is 37.2 Å². The number of rotatable bonds is 9. The molecule has 0 fully saturated rings. The van der Waals surface area contributed by atoms with Crippen LogP contribution < -0.4 is 4.90 Å². The van der Waals surface area contributed by atoms with Gasteiger partial charge >= 0.3 is 0 Å². The predicted octanol–water partition coefficient (Wildman–Crippen LogP) is 8.23. The number of halogens is 1. The number of nitrogens with one attached hydrogen (secondary N) is 1. The van der Waals surface area contributed by atoms with Crippen LogP contribution in [-0.4, -0.2) is 32.8 Å². The second-order valence-electron chi connectivity index (χ2n) is 12.2. The molecule has 0 spiro atoms. The van der Waals surface area contributed by atoms with E-state index in [1.54, 1.807) is 11.1 Å². The Morgan fingerprint density at radius 2 is 1.64 bits per heavy atom. The van der Waals surface area contributed by atoms with Gasteiger partial charge in [0.2, 0.25) is 0 Å². The van der Waals surface area contributed by atoms with E-state index < -0.39 is 5.91 Å². The first-order valence-electron chi connectivity index (χ1n) is 14.5. The number of carbonyl (C=O) groups excluding carboxylic acids is 2. The molecule has 1 heterocycles. The number of nitrogens with zero attached hydrogens (tertiary/aromatic N) is 2. The number of anilines is 1. The smallest absolute Gasteiger partial charge is 0.262 e. The van der Waals surface area contributed by atoms with Gasteiger partial charge in [0.15, 0.2) is 5.78 Å². The molecular formula is C36H38ClN3O4. The normalized spacial score (nSPS) is 13.6. The molecule has 0 radical (unpaired) electrons. The Balaban J connectivity index is 1.60. The molecule has 4 rings (SSSR count). The second kappa shape index (κ2) is 13.9. The lowest BCUT2D eigenvalue weighted by atomic mass is 9.87. The quantitative estimate of drug-likeness (QED) is 0.211. The van der Waals surface area contributed by atoms with E-state index in [4.69, 9.17) is 17.0 Å². The van der Waals surface area contributed by atoms with Crippen LogP contribution in [0.3, 0.4) is 0 Å². The number of allylic oxidation sites excluding steroid dienone is 3. The highest BCUT2D eigenvalue weighted by molar-refractivity contribution is 6.65. The molecule has 1 aliphatic rings. The van der Waals surface area contributed by atoms with Gasteiger partial charge in [0.05, 0.1) is 17.8 Å². The van der Waals surface area contributed by atoms with E-state index in [9.17, 15) is 19.8 Å². The third kappa shape index (κ3) is 8.54. The molecule has 3 N–H and O–H groups in total. The van der Waals surface area contributed by atoms with Gasteiger partial charge in [-0.25, -0.2) is 4.99 Å². The third-order valence-electron chi connectivity index (χ3n) is 7.24. The molecule has 0 saturated heterocycles. The van der Waals surface area contributed by atoms with Crippen LogP contribution in [-0.2, 0) is 17.8 Å². The molecule has 0 aromatic heterocycles. The first-order chi connectivity index (χ1) is 20.8. The summed E-state index contributed by atoms with van der Waals surface area (Å²) in [5, 5.41) is 29.1. The second-order valence-corrected chi connectivity index (χ2v) is 12.7. The minimum atomic E-state index is -0.431. The molecule has 0 bridgehead atoms. The van der Waals surface area contributed by atoms with Crippen molar-refractivity contribution in [3.05, 3.63) is 107 Å². The van der Waals surface area contributed by atoms with Gasteiger partial charge in [-0.3, -0.25) is 9.59 Å². The summed E-state index contributed by atoms with van der Waals surface area (Å²) in [6.45, 7) is 8.11. The number of Topliss-reactive ketones (excluding diaryl/α,β-unsaturated/α-hetero) is 1. The Kier molecular flexibility index (Phi) is 10.2. The fourth-order valence-corrected chi connectivity index (χ4v) is 5.08. The molecule has 3 aromatic carbocycles. The van der Waals surface area contributed by atoms with E-state index in [0.29, 0.717) is 23.7 Å². The lowest BCUT2D eigenvalue weighted by molar-refractivity contribution is -0.114. The fraction of sp³-hybridized carbons (Fsp3) is 0.278. The van der Waals surface area contributed by atoms with Crippen molar-refractivity contribution in [3.8, 4) is 11.5 Å². The summed E-state index contributed by atoms with van der Waals surface area (Å²) in [7, 11) is 0. The van der Waals surface area contributed by atoms with Crippen LogP contribution in [0.25, 0.3) is 5.57 Å². The molecule has 8 heteroatoms. The number of hydrogen-bond donors (Lipinski definition) is 3. The van der Waals surface area contributed by atoms with Gasteiger partial charge < -0.3 is 20.5 Å². The Bertz CT molecular complexity index is 1650. The summed E-state index contributed by atoms with van der Waals surface area (Å²) >= 11 is 6.12. The maximum absolute atomic E-state index is 13.8. The van der Waals surface area contributed by atoms with Crippen molar-refractivity contribution in [1.29, 1.82) is 5.41 Å². The maximum Gasteiger partial charge on any atom is 0.262 e. The number of carbonyl (C=O) groups is 2. The number of ketones is 1. The Morgan fingerprint density at radius 3 is 2.27 bits per heavy atom. The lowest BCUT2D eigenvalue weighted by Gasteiger charge is -2.24. The van der Waals surface area contributed by atoms with Crippen molar-refractivity contribution in [2.75, 3.05) is 4.90 Å². The zero-order chi connectivity index (χ0) is 32.0. The van der Waals surface area contributed by atoms with Gasteiger partial charge in [-0.1, -0.05) is 74.8 Å².